The number of rotatable bonds is 3. The maximum Gasteiger partial charge on any atom is 0.264 e. The van der Waals surface area contributed by atoms with Crippen molar-refractivity contribution in [2.75, 3.05) is 26.2 Å². The van der Waals surface area contributed by atoms with E-state index < -0.39 is 0 Å². The van der Waals surface area contributed by atoms with Crippen LogP contribution in [0.3, 0.4) is 0 Å². The van der Waals surface area contributed by atoms with Gasteiger partial charge in [0, 0.05) is 11.4 Å². The summed E-state index contributed by atoms with van der Waals surface area (Å²) in [5.74, 6) is 0.789. The fraction of sp³-hybridized carbons (Fsp3) is 0.412. The van der Waals surface area contributed by atoms with Gasteiger partial charge in [-0.3, -0.25) is 9.20 Å². The van der Waals surface area contributed by atoms with Gasteiger partial charge in [0.25, 0.3) is 11.7 Å². The predicted molar refractivity (Wildman–Crippen MR) is 102 cm³/mol. The van der Waals surface area contributed by atoms with Gasteiger partial charge in [-0.1, -0.05) is 6.07 Å². The zero-order valence-electron chi connectivity index (χ0n) is 14.8. The van der Waals surface area contributed by atoms with Crippen LogP contribution in [0.25, 0.3) is 5.78 Å². The normalized spacial score (nSPS) is 15.7. The van der Waals surface area contributed by atoms with E-state index >= 15 is 0 Å². The van der Waals surface area contributed by atoms with E-state index in [1.165, 1.54) is 16.2 Å². The summed E-state index contributed by atoms with van der Waals surface area (Å²) < 4.78 is 4.45. The van der Waals surface area contributed by atoms with Gasteiger partial charge in [0.2, 0.25) is 4.77 Å². The van der Waals surface area contributed by atoms with Crippen LogP contribution < -0.4 is 4.90 Å². The highest BCUT2D eigenvalue weighted by Gasteiger charge is 2.25. The van der Waals surface area contributed by atoms with Gasteiger partial charge in [-0.2, -0.15) is 4.68 Å². The number of hydrogen-bond donors (Lipinski definition) is 1. The van der Waals surface area contributed by atoms with Crippen molar-refractivity contribution in [2.24, 2.45) is 0 Å². The van der Waals surface area contributed by atoms with Gasteiger partial charge in [-0.05, 0) is 43.6 Å². The molecule has 1 amide bonds. The largest absolute Gasteiger partial charge is 0.327 e. The average Bonchev–Trinajstić information content (AvgIpc) is 3.24. The van der Waals surface area contributed by atoms with Gasteiger partial charge in [0.1, 0.15) is 0 Å². The minimum Gasteiger partial charge on any atom is -0.327 e. The number of piperazine rings is 1. The van der Waals surface area contributed by atoms with Crippen LogP contribution in [0.1, 0.15) is 21.1 Å². The first-order chi connectivity index (χ1) is 12.5. The molecule has 26 heavy (non-hydrogen) atoms. The monoisotopic (exact) mass is 389 g/mol. The smallest absolute Gasteiger partial charge is 0.264 e. The summed E-state index contributed by atoms with van der Waals surface area (Å²) in [7, 11) is 0. The zero-order chi connectivity index (χ0) is 18.3. The fourth-order valence-corrected chi connectivity index (χ4v) is 4.41. The van der Waals surface area contributed by atoms with Crippen molar-refractivity contribution in [2.45, 2.75) is 20.5 Å². The summed E-state index contributed by atoms with van der Waals surface area (Å²) in [5.41, 5.74) is 1.99. The van der Waals surface area contributed by atoms with Crippen LogP contribution in [0.2, 0.25) is 0 Å². The molecule has 0 bridgehead atoms. The molecule has 3 aromatic rings. The standard InChI is InChI=1S/C17H20N6OS2/c1-12-10-13(2)23-16(18-12)19-22(17(23)25)11-20-5-7-21(8-6-20)15(24)14-4-3-9-26-14/h3-4,9-10H,5-8,11H2,1-2H3/p+1. The van der Waals surface area contributed by atoms with Gasteiger partial charge in [-0.15, -0.1) is 16.4 Å². The summed E-state index contributed by atoms with van der Waals surface area (Å²) >= 11 is 7.09. The van der Waals surface area contributed by atoms with E-state index in [1.54, 1.807) is 0 Å². The number of quaternary nitrogens is 1. The minimum atomic E-state index is 0.138. The SMILES string of the molecule is Cc1cc(C)n2c(=S)n(C[NH+]3CCN(C(=O)c4cccs4)CC3)nc2n1. The van der Waals surface area contributed by atoms with Crippen molar-refractivity contribution in [3.63, 3.8) is 0 Å². The number of carbonyl (C=O) groups is 1. The van der Waals surface area contributed by atoms with E-state index in [1.807, 2.05) is 51.4 Å². The molecule has 1 fully saturated rings. The molecule has 9 heteroatoms. The number of aryl methyl sites for hydroxylation is 2. The molecule has 1 aliphatic rings. The summed E-state index contributed by atoms with van der Waals surface area (Å²) in [6.45, 7) is 7.96. The molecular formula is C17H21N6OS2+. The van der Waals surface area contributed by atoms with Gasteiger partial charge >= 0.3 is 0 Å². The third-order valence-electron chi connectivity index (χ3n) is 4.73. The van der Waals surface area contributed by atoms with Gasteiger partial charge in [0.05, 0.1) is 31.1 Å². The molecule has 4 heterocycles. The van der Waals surface area contributed by atoms with Crippen molar-refractivity contribution in [3.05, 3.63) is 44.6 Å². The Bertz CT molecular complexity index is 998. The molecule has 0 atom stereocenters. The quantitative estimate of drug-likeness (QED) is 0.678. The Morgan fingerprint density at radius 3 is 2.81 bits per heavy atom. The van der Waals surface area contributed by atoms with Gasteiger partial charge in [-0.25, -0.2) is 4.98 Å². The topological polar surface area (TPSA) is 59.9 Å². The summed E-state index contributed by atoms with van der Waals surface area (Å²) in [6.07, 6.45) is 0. The van der Waals surface area contributed by atoms with Crippen LogP contribution >= 0.6 is 23.6 Å². The third-order valence-corrected chi connectivity index (χ3v) is 5.98. The molecule has 0 aromatic carbocycles. The van der Waals surface area contributed by atoms with Crippen molar-refractivity contribution in [1.82, 2.24) is 24.1 Å². The molecule has 1 aliphatic heterocycles. The van der Waals surface area contributed by atoms with E-state index in [-0.39, 0.29) is 5.91 Å². The first-order valence-corrected chi connectivity index (χ1v) is 9.92. The lowest BCUT2D eigenvalue weighted by molar-refractivity contribution is -0.927. The van der Waals surface area contributed by atoms with Crippen molar-refractivity contribution >= 4 is 35.2 Å². The summed E-state index contributed by atoms with van der Waals surface area (Å²) in [5, 5.41) is 6.53. The van der Waals surface area contributed by atoms with Gasteiger partial charge in [0.15, 0.2) is 6.67 Å². The molecule has 0 radical (unpaired) electrons. The lowest BCUT2D eigenvalue weighted by Gasteiger charge is -2.31. The van der Waals surface area contributed by atoms with E-state index in [4.69, 9.17) is 12.2 Å². The zero-order valence-corrected chi connectivity index (χ0v) is 16.4. The van der Waals surface area contributed by atoms with E-state index in [2.05, 4.69) is 10.1 Å². The van der Waals surface area contributed by atoms with Gasteiger partial charge < -0.3 is 9.80 Å². The number of thiophene rings is 1. The maximum atomic E-state index is 12.4. The van der Waals surface area contributed by atoms with E-state index in [0.29, 0.717) is 17.2 Å². The van der Waals surface area contributed by atoms with E-state index in [9.17, 15) is 4.79 Å². The molecule has 4 rings (SSSR count). The van der Waals surface area contributed by atoms with Crippen LogP contribution in [0.15, 0.2) is 23.6 Å². The molecule has 0 aliphatic carbocycles. The Morgan fingerprint density at radius 1 is 1.35 bits per heavy atom. The highest BCUT2D eigenvalue weighted by atomic mass is 32.1. The molecule has 0 unspecified atom stereocenters. The van der Waals surface area contributed by atoms with E-state index in [0.717, 1.165) is 42.4 Å². The second-order valence-corrected chi connectivity index (χ2v) is 7.95. The number of hydrogen-bond acceptors (Lipinski definition) is 5. The number of nitrogens with one attached hydrogen (secondary N) is 1. The van der Waals surface area contributed by atoms with Crippen molar-refractivity contribution in [3.8, 4) is 0 Å². The Hall–Kier alpha value is -2.10. The molecule has 7 nitrogen and oxygen atoms in total. The molecule has 3 aromatic heterocycles. The lowest BCUT2D eigenvalue weighted by atomic mass is 10.3. The highest BCUT2D eigenvalue weighted by molar-refractivity contribution is 7.71. The Kier molecular flexibility index (Phi) is 4.60. The number of fused-ring (bicyclic) bond motifs is 1. The molecule has 136 valence electrons. The second kappa shape index (κ2) is 6.90. The Morgan fingerprint density at radius 2 is 2.12 bits per heavy atom. The molecule has 1 N–H and O–H groups in total. The summed E-state index contributed by atoms with van der Waals surface area (Å²) in [6, 6.07) is 5.82. The maximum absolute atomic E-state index is 12.4. The molecular weight excluding hydrogens is 368 g/mol. The number of carbonyl (C=O) groups excluding carboxylic acids is 1. The van der Waals surface area contributed by atoms with Crippen LogP contribution in [0.5, 0.6) is 0 Å². The van der Waals surface area contributed by atoms with Crippen molar-refractivity contribution in [1.29, 1.82) is 0 Å². The molecule has 0 spiro atoms. The highest BCUT2D eigenvalue weighted by Crippen LogP contribution is 2.12. The fourth-order valence-electron chi connectivity index (χ4n) is 3.39. The minimum absolute atomic E-state index is 0.138. The Labute approximate surface area is 160 Å². The molecule has 1 saturated heterocycles. The molecule has 0 saturated carbocycles. The third kappa shape index (κ3) is 3.17. The first-order valence-electron chi connectivity index (χ1n) is 8.63. The van der Waals surface area contributed by atoms with Crippen LogP contribution in [-0.2, 0) is 6.67 Å². The van der Waals surface area contributed by atoms with Crippen LogP contribution in [0.4, 0.5) is 0 Å². The van der Waals surface area contributed by atoms with Crippen LogP contribution in [0, 0.1) is 18.6 Å². The summed E-state index contributed by atoms with van der Waals surface area (Å²) in [4.78, 5) is 21.0. The predicted octanol–water partition coefficient (Wildman–Crippen LogP) is 0.937. The second-order valence-electron chi connectivity index (χ2n) is 6.63. The number of amides is 1. The van der Waals surface area contributed by atoms with Crippen LogP contribution in [-0.4, -0.2) is 56.2 Å². The number of nitrogens with zero attached hydrogens (tertiary/aromatic N) is 5. The number of aromatic nitrogens is 4. The lowest BCUT2D eigenvalue weighted by Crippen LogP contribution is -3.14. The Balaban J connectivity index is 1.46. The first kappa shape index (κ1) is 17.3. The van der Waals surface area contributed by atoms with Crippen molar-refractivity contribution < 1.29 is 9.69 Å². The average molecular weight is 390 g/mol.